The maximum Gasteiger partial charge on any atom is 0.261 e. The Labute approximate surface area is 126 Å². The summed E-state index contributed by atoms with van der Waals surface area (Å²) in [5.74, 6) is -0.554. The maximum atomic E-state index is 12.1. The second-order valence-electron chi connectivity index (χ2n) is 5.75. The van der Waals surface area contributed by atoms with E-state index in [1.54, 1.807) is 24.3 Å². The minimum absolute atomic E-state index is 0.247. The van der Waals surface area contributed by atoms with Crippen molar-refractivity contribution in [3.05, 3.63) is 35.4 Å². The molecule has 1 unspecified atom stereocenters. The first-order valence-corrected chi connectivity index (χ1v) is 7.83. The van der Waals surface area contributed by atoms with Crippen LogP contribution < -0.4 is 0 Å². The molecule has 0 N–H and O–H groups in total. The maximum absolute atomic E-state index is 12.1. The summed E-state index contributed by atoms with van der Waals surface area (Å²) < 4.78 is 15.3. The zero-order valence-corrected chi connectivity index (χ0v) is 13.1. The Balaban J connectivity index is 1.97. The Morgan fingerprint density at radius 1 is 1.14 bits per heavy atom. The molecule has 1 aromatic carbocycles. The Bertz CT molecular complexity index is 597. The van der Waals surface area contributed by atoms with Crippen molar-refractivity contribution < 1.29 is 13.8 Å². The van der Waals surface area contributed by atoms with Gasteiger partial charge in [-0.3, -0.25) is 14.5 Å². The van der Waals surface area contributed by atoms with Crippen molar-refractivity contribution in [2.24, 2.45) is 4.40 Å². The Morgan fingerprint density at radius 2 is 1.67 bits per heavy atom. The van der Waals surface area contributed by atoms with Gasteiger partial charge in [-0.05, 0) is 32.9 Å². The molecule has 1 aliphatic heterocycles. The van der Waals surface area contributed by atoms with Gasteiger partial charge < -0.3 is 0 Å². The summed E-state index contributed by atoms with van der Waals surface area (Å²) in [4.78, 5) is 25.4. The third kappa shape index (κ3) is 3.26. The monoisotopic (exact) mass is 306 g/mol. The van der Waals surface area contributed by atoms with Crippen molar-refractivity contribution in [2.45, 2.75) is 31.9 Å². The first kappa shape index (κ1) is 15.6. The Hall–Kier alpha value is -1.82. The van der Waals surface area contributed by atoms with Crippen molar-refractivity contribution in [3.8, 4) is 0 Å². The van der Waals surface area contributed by atoms with Gasteiger partial charge in [-0.1, -0.05) is 12.1 Å². The van der Waals surface area contributed by atoms with Gasteiger partial charge in [-0.25, -0.2) is 4.21 Å². The van der Waals surface area contributed by atoms with E-state index in [0.29, 0.717) is 17.5 Å². The molecular weight excluding hydrogens is 288 g/mol. The van der Waals surface area contributed by atoms with Crippen LogP contribution in [0.1, 0.15) is 47.9 Å². The van der Waals surface area contributed by atoms with E-state index in [1.165, 1.54) is 11.1 Å². The van der Waals surface area contributed by atoms with E-state index >= 15 is 0 Å². The molecule has 112 valence electrons. The Morgan fingerprint density at radius 3 is 2.14 bits per heavy atom. The molecule has 0 aromatic heterocycles. The van der Waals surface area contributed by atoms with Crippen LogP contribution in [0.15, 0.2) is 28.7 Å². The molecule has 0 bridgehead atoms. The minimum Gasteiger partial charge on any atom is -0.274 e. The number of benzene rings is 1. The van der Waals surface area contributed by atoms with Gasteiger partial charge in [-0.2, -0.15) is 4.40 Å². The number of amides is 2. The van der Waals surface area contributed by atoms with E-state index in [9.17, 15) is 13.8 Å². The SMILES string of the molecule is CC(C)(C)S(=O)N=CCCN1C(=O)c2ccccc2C1=O. The normalized spacial score (nSPS) is 16.6. The lowest BCUT2D eigenvalue weighted by Crippen LogP contribution is -2.31. The molecule has 21 heavy (non-hydrogen) atoms. The zero-order valence-electron chi connectivity index (χ0n) is 12.3. The standard InChI is InChI=1S/C15H18N2O3S/c1-15(2,3)21(20)16-9-6-10-17-13(18)11-7-4-5-8-12(11)14(17)19/h4-5,7-9H,6,10H2,1-3H3. The van der Waals surface area contributed by atoms with Crippen LogP contribution in [0.3, 0.4) is 0 Å². The molecule has 0 spiro atoms. The number of hydrogen-bond acceptors (Lipinski definition) is 3. The van der Waals surface area contributed by atoms with Crippen LogP contribution in [0, 0.1) is 0 Å². The number of fused-ring (bicyclic) bond motifs is 1. The average molecular weight is 306 g/mol. The Kier molecular flexibility index (Phi) is 4.37. The van der Waals surface area contributed by atoms with Gasteiger partial charge in [0.25, 0.3) is 11.8 Å². The fourth-order valence-electron chi connectivity index (χ4n) is 1.91. The summed E-state index contributed by atoms with van der Waals surface area (Å²) >= 11 is 0. The van der Waals surface area contributed by atoms with E-state index in [2.05, 4.69) is 4.40 Å². The van der Waals surface area contributed by atoms with Gasteiger partial charge >= 0.3 is 0 Å². The van der Waals surface area contributed by atoms with Crippen molar-refractivity contribution in [3.63, 3.8) is 0 Å². The van der Waals surface area contributed by atoms with Crippen molar-refractivity contribution >= 4 is 29.0 Å². The predicted molar refractivity (Wildman–Crippen MR) is 82.8 cm³/mol. The highest BCUT2D eigenvalue weighted by Crippen LogP contribution is 2.22. The van der Waals surface area contributed by atoms with Crippen molar-refractivity contribution in [1.29, 1.82) is 0 Å². The van der Waals surface area contributed by atoms with Crippen LogP contribution in [0.4, 0.5) is 0 Å². The molecule has 0 aliphatic carbocycles. The molecule has 1 atom stereocenters. The van der Waals surface area contributed by atoms with E-state index in [-0.39, 0.29) is 18.4 Å². The first-order valence-electron chi connectivity index (χ1n) is 6.72. The van der Waals surface area contributed by atoms with E-state index < -0.39 is 15.7 Å². The largest absolute Gasteiger partial charge is 0.274 e. The minimum atomic E-state index is -1.32. The van der Waals surface area contributed by atoms with E-state index in [4.69, 9.17) is 0 Å². The summed E-state index contributed by atoms with van der Waals surface area (Å²) in [6.45, 7) is 5.76. The van der Waals surface area contributed by atoms with Crippen LogP contribution in [-0.2, 0) is 11.0 Å². The quantitative estimate of drug-likeness (QED) is 0.632. The number of carbonyl (C=O) groups is 2. The van der Waals surface area contributed by atoms with Crippen LogP contribution in [0.5, 0.6) is 0 Å². The third-order valence-corrected chi connectivity index (χ3v) is 4.44. The van der Waals surface area contributed by atoms with Crippen LogP contribution in [0.2, 0.25) is 0 Å². The van der Waals surface area contributed by atoms with Crippen molar-refractivity contribution in [2.75, 3.05) is 6.54 Å². The molecule has 2 amide bonds. The molecule has 0 radical (unpaired) electrons. The number of rotatable bonds is 4. The lowest BCUT2D eigenvalue weighted by atomic mass is 10.1. The third-order valence-electron chi connectivity index (χ3n) is 3.05. The molecule has 2 rings (SSSR count). The molecule has 0 saturated carbocycles. The summed E-state index contributed by atoms with van der Waals surface area (Å²) in [7, 11) is -1.32. The summed E-state index contributed by atoms with van der Waals surface area (Å²) in [6, 6.07) is 6.78. The molecule has 6 heteroatoms. The lowest BCUT2D eigenvalue weighted by Gasteiger charge is -2.13. The van der Waals surface area contributed by atoms with Gasteiger partial charge in [0.05, 0.1) is 15.9 Å². The second-order valence-corrected chi connectivity index (χ2v) is 7.68. The summed E-state index contributed by atoms with van der Waals surface area (Å²) in [5.41, 5.74) is 0.885. The first-order chi connectivity index (χ1) is 9.82. The van der Waals surface area contributed by atoms with Crippen LogP contribution in [-0.4, -0.2) is 38.4 Å². The lowest BCUT2D eigenvalue weighted by molar-refractivity contribution is 0.0659. The highest BCUT2D eigenvalue weighted by Gasteiger charge is 2.34. The van der Waals surface area contributed by atoms with E-state index in [1.807, 2.05) is 20.8 Å². The van der Waals surface area contributed by atoms with Gasteiger partial charge in [0.1, 0.15) is 11.0 Å². The molecular formula is C15H18N2O3S. The number of nitrogens with zero attached hydrogens (tertiary/aromatic N) is 2. The number of carbonyl (C=O) groups excluding carboxylic acids is 2. The summed E-state index contributed by atoms with van der Waals surface area (Å²) in [6.07, 6.45) is 1.91. The average Bonchev–Trinajstić information content (AvgIpc) is 2.67. The fraction of sp³-hybridized carbons (Fsp3) is 0.400. The van der Waals surface area contributed by atoms with Gasteiger partial charge in [-0.15, -0.1) is 0 Å². The number of imide groups is 1. The molecule has 0 fully saturated rings. The van der Waals surface area contributed by atoms with Crippen LogP contribution >= 0.6 is 0 Å². The molecule has 1 aliphatic rings. The molecule has 1 heterocycles. The van der Waals surface area contributed by atoms with Gasteiger partial charge in [0.15, 0.2) is 0 Å². The highest BCUT2D eigenvalue weighted by molar-refractivity contribution is 7.85. The smallest absolute Gasteiger partial charge is 0.261 e. The van der Waals surface area contributed by atoms with Crippen LogP contribution in [0.25, 0.3) is 0 Å². The van der Waals surface area contributed by atoms with Crippen molar-refractivity contribution in [1.82, 2.24) is 4.90 Å². The fourth-order valence-corrected chi connectivity index (χ4v) is 2.46. The second kappa shape index (κ2) is 5.89. The number of hydrogen-bond donors (Lipinski definition) is 0. The topological polar surface area (TPSA) is 66.8 Å². The molecule has 5 nitrogen and oxygen atoms in total. The summed E-state index contributed by atoms with van der Waals surface area (Å²) in [5, 5.41) is 0. The highest BCUT2D eigenvalue weighted by atomic mass is 32.2. The molecule has 1 aromatic rings. The van der Waals surface area contributed by atoms with E-state index in [0.717, 1.165) is 0 Å². The predicted octanol–water partition coefficient (Wildman–Crippen LogP) is 2.21. The van der Waals surface area contributed by atoms with Gasteiger partial charge in [0, 0.05) is 19.2 Å². The van der Waals surface area contributed by atoms with Gasteiger partial charge in [0.2, 0.25) is 0 Å². The zero-order chi connectivity index (χ0) is 15.6. The molecule has 0 saturated heterocycles.